The number of aliphatic imine (C=N–C) groups is 1. The lowest BCUT2D eigenvalue weighted by Crippen LogP contribution is -2.38. The van der Waals surface area contributed by atoms with E-state index < -0.39 is 0 Å². The predicted octanol–water partition coefficient (Wildman–Crippen LogP) is 3.40. The predicted molar refractivity (Wildman–Crippen MR) is 101 cm³/mol. The Morgan fingerprint density at radius 3 is 2.72 bits per heavy atom. The first-order chi connectivity index (χ1) is 12.2. The van der Waals surface area contributed by atoms with Crippen molar-refractivity contribution >= 4 is 17.7 Å². The Hall–Kier alpha value is -2.02. The number of thioether (sulfide) groups is 1. The number of aryl methyl sites for hydroxylation is 2. The molecule has 0 spiro atoms. The van der Waals surface area contributed by atoms with E-state index in [2.05, 4.69) is 34.6 Å². The van der Waals surface area contributed by atoms with E-state index in [-0.39, 0.29) is 5.82 Å². The molecule has 1 aromatic heterocycles. The highest BCUT2D eigenvalue weighted by Crippen LogP contribution is 2.20. The molecule has 0 fully saturated rings. The molecule has 0 aliphatic carbocycles. The maximum Gasteiger partial charge on any atom is 0.191 e. The summed E-state index contributed by atoms with van der Waals surface area (Å²) < 4.78 is 18.9. The van der Waals surface area contributed by atoms with Gasteiger partial charge in [0.25, 0.3) is 0 Å². The van der Waals surface area contributed by atoms with Crippen LogP contribution in [0.4, 0.5) is 4.39 Å². The molecule has 0 bridgehead atoms. The Labute approximate surface area is 152 Å². The Morgan fingerprint density at radius 1 is 1.24 bits per heavy atom. The van der Waals surface area contributed by atoms with Crippen LogP contribution >= 0.6 is 11.8 Å². The van der Waals surface area contributed by atoms with Gasteiger partial charge in [0.2, 0.25) is 0 Å². The molecule has 0 atom stereocenters. The van der Waals surface area contributed by atoms with Crippen molar-refractivity contribution in [2.75, 3.05) is 19.3 Å². The lowest BCUT2D eigenvalue weighted by molar-refractivity contribution is 0.380. The Balaban J connectivity index is 1.79. The van der Waals surface area contributed by atoms with Crippen molar-refractivity contribution in [3.8, 4) is 0 Å². The molecule has 2 N–H and O–H groups in total. The van der Waals surface area contributed by atoms with Crippen LogP contribution in [0.5, 0.6) is 0 Å². The van der Waals surface area contributed by atoms with Crippen molar-refractivity contribution in [3.05, 3.63) is 47.1 Å². The second-order valence-electron chi connectivity index (χ2n) is 5.37. The third-order valence-corrected chi connectivity index (χ3v) is 4.80. The van der Waals surface area contributed by atoms with Gasteiger partial charge in [0.15, 0.2) is 5.96 Å². The highest BCUT2D eigenvalue weighted by molar-refractivity contribution is 7.99. The number of hydrogen-bond donors (Lipinski definition) is 2. The van der Waals surface area contributed by atoms with Crippen LogP contribution in [0.25, 0.3) is 0 Å². The van der Waals surface area contributed by atoms with Gasteiger partial charge < -0.3 is 15.2 Å². The summed E-state index contributed by atoms with van der Waals surface area (Å²) in [6, 6.07) is 6.81. The molecule has 1 heterocycles. The molecule has 2 rings (SSSR count). The zero-order valence-corrected chi connectivity index (χ0v) is 15.8. The zero-order chi connectivity index (χ0) is 18.1. The van der Waals surface area contributed by atoms with Gasteiger partial charge in [-0.1, -0.05) is 31.1 Å². The van der Waals surface area contributed by atoms with Crippen molar-refractivity contribution < 1.29 is 8.91 Å². The first-order valence-corrected chi connectivity index (χ1v) is 9.46. The largest absolute Gasteiger partial charge is 0.361 e. The second-order valence-corrected chi connectivity index (χ2v) is 6.51. The van der Waals surface area contributed by atoms with Gasteiger partial charge in [-0.3, -0.25) is 4.99 Å². The van der Waals surface area contributed by atoms with Gasteiger partial charge in [-0.25, -0.2) is 4.39 Å². The van der Waals surface area contributed by atoms with E-state index in [1.165, 1.54) is 17.8 Å². The standard InChI is InChI=1S/C18H25FN4OS/c1-4-15-13(16(5-2)24-23-15)12-22-18(20-3)21-10-11-25-17-9-7-6-8-14(17)19/h6-9H,4-5,10-12H2,1-3H3,(H2,20,21,22). The van der Waals surface area contributed by atoms with Crippen molar-refractivity contribution in [3.63, 3.8) is 0 Å². The summed E-state index contributed by atoms with van der Waals surface area (Å²) in [5, 5.41) is 10.6. The number of halogens is 1. The van der Waals surface area contributed by atoms with Gasteiger partial charge in [0.1, 0.15) is 11.6 Å². The average Bonchev–Trinajstić information content (AvgIpc) is 3.04. The van der Waals surface area contributed by atoms with Crippen LogP contribution in [-0.2, 0) is 19.4 Å². The molecule has 0 aliphatic rings. The van der Waals surface area contributed by atoms with E-state index in [0.717, 1.165) is 35.6 Å². The van der Waals surface area contributed by atoms with Gasteiger partial charge in [-0.05, 0) is 18.6 Å². The van der Waals surface area contributed by atoms with E-state index in [9.17, 15) is 4.39 Å². The number of guanidine groups is 1. The molecule has 0 saturated heterocycles. The number of aromatic nitrogens is 1. The maximum absolute atomic E-state index is 13.6. The molecule has 0 amide bonds. The van der Waals surface area contributed by atoms with Crippen molar-refractivity contribution in [2.24, 2.45) is 4.99 Å². The van der Waals surface area contributed by atoms with Crippen LogP contribution in [0.2, 0.25) is 0 Å². The number of benzene rings is 1. The van der Waals surface area contributed by atoms with E-state index in [4.69, 9.17) is 4.52 Å². The fraction of sp³-hybridized carbons (Fsp3) is 0.444. The van der Waals surface area contributed by atoms with Crippen molar-refractivity contribution in [1.29, 1.82) is 0 Å². The molecular weight excluding hydrogens is 339 g/mol. The summed E-state index contributed by atoms with van der Waals surface area (Å²) in [6.45, 7) is 5.42. The molecule has 5 nitrogen and oxygen atoms in total. The third-order valence-electron chi connectivity index (χ3n) is 3.75. The Kier molecular flexibility index (Phi) is 7.78. The van der Waals surface area contributed by atoms with Gasteiger partial charge in [0.05, 0.1) is 5.69 Å². The fourth-order valence-corrected chi connectivity index (χ4v) is 3.23. The minimum absolute atomic E-state index is 0.179. The molecule has 0 aliphatic heterocycles. The van der Waals surface area contributed by atoms with Gasteiger partial charge in [-0.2, -0.15) is 0 Å². The quantitative estimate of drug-likeness (QED) is 0.325. The molecule has 0 saturated carbocycles. The summed E-state index contributed by atoms with van der Waals surface area (Å²) in [6.07, 6.45) is 1.65. The summed E-state index contributed by atoms with van der Waals surface area (Å²) in [4.78, 5) is 4.88. The molecule has 0 radical (unpaired) electrons. The van der Waals surface area contributed by atoms with Crippen LogP contribution in [0, 0.1) is 5.82 Å². The Bertz CT molecular complexity index is 681. The number of nitrogens with one attached hydrogen (secondary N) is 2. The molecular formula is C18H25FN4OS. The van der Waals surface area contributed by atoms with Crippen molar-refractivity contribution in [2.45, 2.75) is 38.1 Å². The molecule has 2 aromatic rings. The SMILES string of the molecule is CCc1noc(CC)c1CNC(=NC)NCCSc1ccccc1F. The lowest BCUT2D eigenvalue weighted by atomic mass is 10.1. The van der Waals surface area contributed by atoms with Gasteiger partial charge >= 0.3 is 0 Å². The van der Waals surface area contributed by atoms with Crippen LogP contribution in [0.1, 0.15) is 30.9 Å². The number of rotatable bonds is 8. The number of nitrogens with zero attached hydrogens (tertiary/aromatic N) is 2. The van der Waals surface area contributed by atoms with E-state index >= 15 is 0 Å². The molecule has 1 aromatic carbocycles. The molecule has 136 valence electrons. The maximum atomic E-state index is 13.6. The summed E-state index contributed by atoms with van der Waals surface area (Å²) in [7, 11) is 1.73. The van der Waals surface area contributed by atoms with E-state index in [1.54, 1.807) is 19.2 Å². The van der Waals surface area contributed by atoms with Crippen molar-refractivity contribution in [1.82, 2.24) is 15.8 Å². The zero-order valence-electron chi connectivity index (χ0n) is 14.9. The molecule has 7 heteroatoms. The summed E-state index contributed by atoms with van der Waals surface area (Å²) >= 11 is 1.48. The highest BCUT2D eigenvalue weighted by Gasteiger charge is 2.13. The molecule has 25 heavy (non-hydrogen) atoms. The first kappa shape index (κ1) is 19.3. The van der Waals surface area contributed by atoms with E-state index in [0.29, 0.717) is 23.9 Å². The summed E-state index contributed by atoms with van der Waals surface area (Å²) in [5.74, 6) is 2.19. The second kappa shape index (κ2) is 10.1. The summed E-state index contributed by atoms with van der Waals surface area (Å²) in [5.41, 5.74) is 2.09. The minimum Gasteiger partial charge on any atom is -0.361 e. The van der Waals surface area contributed by atoms with Crippen LogP contribution in [-0.4, -0.2) is 30.5 Å². The fourth-order valence-electron chi connectivity index (χ4n) is 2.42. The highest BCUT2D eigenvalue weighted by atomic mass is 32.2. The topological polar surface area (TPSA) is 62.5 Å². The van der Waals surface area contributed by atoms with Crippen LogP contribution in [0.15, 0.2) is 38.7 Å². The van der Waals surface area contributed by atoms with Gasteiger partial charge in [0, 0.05) is 42.8 Å². The number of hydrogen-bond acceptors (Lipinski definition) is 4. The van der Waals surface area contributed by atoms with Gasteiger partial charge in [-0.15, -0.1) is 11.8 Å². The smallest absolute Gasteiger partial charge is 0.191 e. The lowest BCUT2D eigenvalue weighted by Gasteiger charge is -2.12. The van der Waals surface area contributed by atoms with E-state index in [1.807, 2.05) is 6.07 Å². The first-order valence-electron chi connectivity index (χ1n) is 8.47. The minimum atomic E-state index is -0.179. The third kappa shape index (κ3) is 5.49. The van der Waals surface area contributed by atoms with Crippen LogP contribution in [0.3, 0.4) is 0 Å². The monoisotopic (exact) mass is 364 g/mol. The Morgan fingerprint density at radius 2 is 2.04 bits per heavy atom. The van der Waals surface area contributed by atoms with Crippen LogP contribution < -0.4 is 10.6 Å². The normalized spacial score (nSPS) is 11.6. The molecule has 0 unspecified atom stereocenters. The average molecular weight is 364 g/mol.